The van der Waals surface area contributed by atoms with E-state index in [1.807, 2.05) is 10.9 Å². The summed E-state index contributed by atoms with van der Waals surface area (Å²) in [6.45, 7) is 5.57. The number of halogens is 1. The molecule has 0 aliphatic carbocycles. The first-order chi connectivity index (χ1) is 10.4. The second-order valence-electron chi connectivity index (χ2n) is 6.24. The van der Waals surface area contributed by atoms with Crippen LogP contribution in [0.4, 0.5) is 0 Å². The number of aromatic nitrogens is 2. The molecule has 1 amide bonds. The van der Waals surface area contributed by atoms with Gasteiger partial charge in [0.05, 0.1) is 18.6 Å². The fourth-order valence-corrected chi connectivity index (χ4v) is 2.46. The average molecular weight is 345 g/mol. The summed E-state index contributed by atoms with van der Waals surface area (Å²) in [7, 11) is 1.34. The van der Waals surface area contributed by atoms with Gasteiger partial charge in [0.25, 0.3) is 5.91 Å². The van der Waals surface area contributed by atoms with Gasteiger partial charge in [-0.15, -0.1) is 12.4 Å². The summed E-state index contributed by atoms with van der Waals surface area (Å²) < 4.78 is 6.56. The predicted molar refractivity (Wildman–Crippen MR) is 88.7 cm³/mol. The number of hydrogen-bond acceptors (Lipinski definition) is 5. The molecule has 1 aromatic rings. The fraction of sp³-hybridized carbons (Fsp3) is 0.667. The summed E-state index contributed by atoms with van der Waals surface area (Å²) in [5.41, 5.74) is -0.397. The Morgan fingerprint density at radius 3 is 2.87 bits per heavy atom. The molecule has 1 aromatic heterocycles. The highest BCUT2D eigenvalue weighted by atomic mass is 35.5. The first kappa shape index (κ1) is 19.4. The van der Waals surface area contributed by atoms with E-state index >= 15 is 0 Å². The molecular weight excluding hydrogens is 320 g/mol. The van der Waals surface area contributed by atoms with E-state index in [9.17, 15) is 9.59 Å². The third-order valence-corrected chi connectivity index (χ3v) is 3.91. The van der Waals surface area contributed by atoms with Crippen LogP contribution in [0.2, 0.25) is 0 Å². The molecule has 7 nitrogen and oxygen atoms in total. The summed E-state index contributed by atoms with van der Waals surface area (Å²) in [6, 6.07) is 2.00. The minimum Gasteiger partial charge on any atom is -0.469 e. The Bertz CT molecular complexity index is 539. The van der Waals surface area contributed by atoms with Crippen LogP contribution in [-0.2, 0) is 9.53 Å². The van der Waals surface area contributed by atoms with Gasteiger partial charge in [-0.25, -0.2) is 0 Å². The molecule has 2 N–H and O–H groups in total. The smallest absolute Gasteiger partial charge is 0.313 e. The van der Waals surface area contributed by atoms with Crippen molar-refractivity contribution in [2.75, 3.05) is 26.7 Å². The summed E-state index contributed by atoms with van der Waals surface area (Å²) in [6.07, 6.45) is 4.00. The van der Waals surface area contributed by atoms with Crippen LogP contribution in [0.3, 0.4) is 0 Å². The zero-order valence-electron chi connectivity index (χ0n) is 13.8. The minimum absolute atomic E-state index is 0. The number of esters is 1. The molecule has 23 heavy (non-hydrogen) atoms. The number of nitrogens with one attached hydrogen (secondary N) is 2. The standard InChI is InChI=1S/C15H24N4O3.ClH/c1-15(2,14(21)22-3)10-17-13(20)12-6-8-19(18-12)11-5-4-7-16-9-11;/h6,8,11,16H,4-5,7,9-10H2,1-3H3,(H,17,20);1H. The van der Waals surface area contributed by atoms with Gasteiger partial charge in [0.2, 0.25) is 0 Å². The van der Waals surface area contributed by atoms with E-state index in [1.165, 1.54) is 7.11 Å². The maximum Gasteiger partial charge on any atom is 0.313 e. The van der Waals surface area contributed by atoms with E-state index in [-0.39, 0.29) is 30.8 Å². The molecule has 2 heterocycles. The molecule has 0 aromatic carbocycles. The van der Waals surface area contributed by atoms with Crippen LogP contribution >= 0.6 is 12.4 Å². The topological polar surface area (TPSA) is 85.2 Å². The monoisotopic (exact) mass is 344 g/mol. The van der Waals surface area contributed by atoms with Gasteiger partial charge in [-0.3, -0.25) is 14.3 Å². The molecule has 1 saturated heterocycles. The third kappa shape index (κ3) is 4.94. The lowest BCUT2D eigenvalue weighted by atomic mass is 9.94. The molecule has 1 aliphatic rings. The van der Waals surface area contributed by atoms with Gasteiger partial charge < -0.3 is 15.4 Å². The van der Waals surface area contributed by atoms with Gasteiger partial charge >= 0.3 is 5.97 Å². The number of hydrogen-bond donors (Lipinski definition) is 2. The number of carbonyl (C=O) groups is 2. The Kier molecular flexibility index (Phi) is 7.02. The van der Waals surface area contributed by atoms with Crippen molar-refractivity contribution in [1.29, 1.82) is 0 Å². The lowest BCUT2D eigenvalue weighted by Crippen LogP contribution is -2.39. The number of carbonyl (C=O) groups excluding carboxylic acids is 2. The van der Waals surface area contributed by atoms with Crippen molar-refractivity contribution in [3.05, 3.63) is 18.0 Å². The van der Waals surface area contributed by atoms with Crippen molar-refractivity contribution in [3.8, 4) is 0 Å². The second kappa shape index (κ2) is 8.31. The zero-order valence-corrected chi connectivity index (χ0v) is 14.6. The maximum absolute atomic E-state index is 12.1. The first-order valence-electron chi connectivity index (χ1n) is 7.56. The Labute approximate surface area is 142 Å². The van der Waals surface area contributed by atoms with E-state index in [0.29, 0.717) is 11.7 Å². The van der Waals surface area contributed by atoms with Crippen molar-refractivity contribution in [1.82, 2.24) is 20.4 Å². The molecule has 1 unspecified atom stereocenters. The lowest BCUT2D eigenvalue weighted by Gasteiger charge is -2.23. The number of amides is 1. The quantitative estimate of drug-likeness (QED) is 0.783. The van der Waals surface area contributed by atoms with Gasteiger partial charge in [-0.2, -0.15) is 5.10 Å². The Morgan fingerprint density at radius 2 is 2.26 bits per heavy atom. The van der Waals surface area contributed by atoms with Gasteiger partial charge in [-0.05, 0) is 39.3 Å². The Hall–Kier alpha value is -1.60. The number of rotatable bonds is 5. The normalized spacial score (nSPS) is 18.0. The number of ether oxygens (including phenoxy) is 1. The number of nitrogens with zero attached hydrogens (tertiary/aromatic N) is 2. The van der Waals surface area contributed by atoms with E-state index in [1.54, 1.807) is 19.9 Å². The SMILES string of the molecule is COC(=O)C(C)(C)CNC(=O)c1ccn(C2CCCNC2)n1.Cl. The van der Waals surface area contributed by atoms with E-state index in [0.717, 1.165) is 25.9 Å². The van der Waals surface area contributed by atoms with Crippen molar-refractivity contribution in [3.63, 3.8) is 0 Å². The van der Waals surface area contributed by atoms with Crippen molar-refractivity contribution < 1.29 is 14.3 Å². The van der Waals surface area contributed by atoms with Crippen LogP contribution in [0, 0.1) is 5.41 Å². The van der Waals surface area contributed by atoms with Crippen LogP contribution < -0.4 is 10.6 Å². The van der Waals surface area contributed by atoms with Crippen molar-refractivity contribution in [2.24, 2.45) is 5.41 Å². The molecule has 0 spiro atoms. The van der Waals surface area contributed by atoms with Crippen LogP contribution in [0.25, 0.3) is 0 Å². The highest BCUT2D eigenvalue weighted by Crippen LogP contribution is 2.17. The van der Waals surface area contributed by atoms with Gasteiger partial charge in [0, 0.05) is 19.3 Å². The highest BCUT2D eigenvalue weighted by Gasteiger charge is 2.29. The van der Waals surface area contributed by atoms with Gasteiger partial charge in [-0.1, -0.05) is 0 Å². The first-order valence-corrected chi connectivity index (χ1v) is 7.56. The third-order valence-electron chi connectivity index (χ3n) is 3.91. The molecule has 2 rings (SSSR count). The zero-order chi connectivity index (χ0) is 16.2. The molecule has 0 radical (unpaired) electrons. The van der Waals surface area contributed by atoms with Crippen LogP contribution in [0.15, 0.2) is 12.3 Å². The van der Waals surface area contributed by atoms with E-state index < -0.39 is 5.41 Å². The van der Waals surface area contributed by atoms with Crippen molar-refractivity contribution in [2.45, 2.75) is 32.7 Å². The summed E-state index contributed by atoms with van der Waals surface area (Å²) in [5.74, 6) is -0.633. The lowest BCUT2D eigenvalue weighted by molar-refractivity contribution is -0.150. The Balaban J connectivity index is 0.00000264. The predicted octanol–water partition coefficient (Wildman–Crippen LogP) is 1.16. The van der Waals surface area contributed by atoms with Gasteiger partial charge in [0.15, 0.2) is 0 Å². The molecule has 1 atom stereocenters. The van der Waals surface area contributed by atoms with E-state index in [2.05, 4.69) is 15.7 Å². The molecule has 1 fully saturated rings. The van der Waals surface area contributed by atoms with Gasteiger partial charge in [0.1, 0.15) is 5.69 Å². The fourth-order valence-electron chi connectivity index (χ4n) is 2.46. The maximum atomic E-state index is 12.1. The number of methoxy groups -OCH3 is 1. The van der Waals surface area contributed by atoms with E-state index in [4.69, 9.17) is 4.74 Å². The average Bonchev–Trinajstić information content (AvgIpc) is 3.02. The molecule has 0 saturated carbocycles. The number of piperidine rings is 1. The molecule has 8 heteroatoms. The minimum atomic E-state index is -0.764. The largest absolute Gasteiger partial charge is 0.469 e. The summed E-state index contributed by atoms with van der Waals surface area (Å²) >= 11 is 0. The molecule has 130 valence electrons. The Morgan fingerprint density at radius 1 is 1.52 bits per heavy atom. The van der Waals surface area contributed by atoms with Crippen LogP contribution in [-0.4, -0.2) is 48.4 Å². The molecule has 0 bridgehead atoms. The highest BCUT2D eigenvalue weighted by molar-refractivity contribution is 5.92. The van der Waals surface area contributed by atoms with Crippen LogP contribution in [0.1, 0.15) is 43.2 Å². The second-order valence-corrected chi connectivity index (χ2v) is 6.24. The summed E-state index contributed by atoms with van der Waals surface area (Å²) in [4.78, 5) is 23.7. The summed E-state index contributed by atoms with van der Waals surface area (Å²) in [5, 5.41) is 10.4. The van der Waals surface area contributed by atoms with Crippen molar-refractivity contribution >= 4 is 24.3 Å². The molecular formula is C15H25ClN4O3. The molecule has 1 aliphatic heterocycles. The van der Waals surface area contributed by atoms with Crippen LogP contribution in [0.5, 0.6) is 0 Å².